The van der Waals surface area contributed by atoms with Crippen LogP contribution in [0.4, 0.5) is 5.69 Å². The Labute approximate surface area is 113 Å². The number of hydrogen-bond donors (Lipinski definition) is 2. The maximum absolute atomic E-state index is 11.2. The lowest BCUT2D eigenvalue weighted by Crippen LogP contribution is -2.57. The van der Waals surface area contributed by atoms with Crippen LogP contribution in [0.3, 0.4) is 0 Å². The lowest BCUT2D eigenvalue weighted by molar-refractivity contribution is -0.0794. The first kappa shape index (κ1) is 13.8. The van der Waals surface area contributed by atoms with Crippen molar-refractivity contribution in [2.45, 2.75) is 39.3 Å². The van der Waals surface area contributed by atoms with Crippen LogP contribution < -0.4 is 5.32 Å². The van der Waals surface area contributed by atoms with Crippen molar-refractivity contribution in [3.63, 3.8) is 0 Å². The molecule has 2 unspecified atom stereocenters. The van der Waals surface area contributed by atoms with E-state index in [2.05, 4.69) is 24.1 Å². The maximum Gasteiger partial charge on any atom is 0.339 e. The molecule has 0 aliphatic heterocycles. The van der Waals surface area contributed by atoms with Gasteiger partial charge in [0.25, 0.3) is 0 Å². The summed E-state index contributed by atoms with van der Waals surface area (Å²) in [5, 5.41) is 12.5. The van der Waals surface area contributed by atoms with Gasteiger partial charge in [0, 0.05) is 30.5 Å². The third-order valence-corrected chi connectivity index (χ3v) is 4.06. The van der Waals surface area contributed by atoms with Gasteiger partial charge in [0.15, 0.2) is 0 Å². The first-order valence-electron chi connectivity index (χ1n) is 6.35. The molecule has 0 bridgehead atoms. The second-order valence-corrected chi connectivity index (χ2v) is 5.65. The minimum atomic E-state index is -0.963. The second-order valence-electron chi connectivity index (χ2n) is 5.65. The highest BCUT2D eigenvalue weighted by Gasteiger charge is 2.48. The van der Waals surface area contributed by atoms with Crippen molar-refractivity contribution < 1.29 is 14.6 Å². The molecule has 2 N–H and O–H groups in total. The maximum atomic E-state index is 11.2. The number of nitrogens with one attached hydrogen (secondary N) is 1. The topological polar surface area (TPSA) is 71.5 Å². The first-order valence-corrected chi connectivity index (χ1v) is 6.35. The van der Waals surface area contributed by atoms with E-state index < -0.39 is 5.97 Å². The molecule has 104 valence electrons. The number of rotatable bonds is 4. The van der Waals surface area contributed by atoms with Crippen LogP contribution in [-0.4, -0.2) is 35.3 Å². The van der Waals surface area contributed by atoms with Crippen molar-refractivity contribution in [1.82, 2.24) is 4.98 Å². The fourth-order valence-electron chi connectivity index (χ4n) is 2.57. The molecule has 0 aromatic carbocycles. The van der Waals surface area contributed by atoms with Crippen LogP contribution in [0.1, 0.15) is 36.3 Å². The average Bonchev–Trinajstić information content (AvgIpc) is 2.33. The highest BCUT2D eigenvalue weighted by atomic mass is 16.5. The number of carbonyl (C=O) groups is 1. The smallest absolute Gasteiger partial charge is 0.339 e. The summed E-state index contributed by atoms with van der Waals surface area (Å²) in [5.41, 5.74) is 1.63. The molecule has 1 aliphatic carbocycles. The van der Waals surface area contributed by atoms with Gasteiger partial charge in [-0.2, -0.15) is 0 Å². The zero-order valence-corrected chi connectivity index (χ0v) is 11.7. The summed E-state index contributed by atoms with van der Waals surface area (Å²) in [6, 6.07) is 1.98. The Morgan fingerprint density at radius 3 is 2.79 bits per heavy atom. The van der Waals surface area contributed by atoms with Gasteiger partial charge < -0.3 is 15.2 Å². The quantitative estimate of drug-likeness (QED) is 0.873. The molecule has 2 atom stereocenters. The highest BCUT2D eigenvalue weighted by molar-refractivity contribution is 5.94. The molecule has 1 saturated carbocycles. The van der Waals surface area contributed by atoms with E-state index in [1.807, 2.05) is 6.92 Å². The number of anilines is 1. The van der Waals surface area contributed by atoms with Crippen molar-refractivity contribution in [2.24, 2.45) is 5.41 Å². The molecule has 19 heavy (non-hydrogen) atoms. The third kappa shape index (κ3) is 2.42. The zero-order valence-electron chi connectivity index (χ0n) is 11.7. The van der Waals surface area contributed by atoms with Gasteiger partial charge in [0.1, 0.15) is 5.56 Å². The number of aromatic nitrogens is 1. The van der Waals surface area contributed by atoms with E-state index in [-0.39, 0.29) is 23.1 Å². The lowest BCUT2D eigenvalue weighted by atomic mass is 9.64. The van der Waals surface area contributed by atoms with Crippen LogP contribution in [0.5, 0.6) is 0 Å². The molecule has 2 rings (SSSR count). The van der Waals surface area contributed by atoms with Crippen molar-refractivity contribution in [1.29, 1.82) is 0 Å². The van der Waals surface area contributed by atoms with Crippen LogP contribution >= 0.6 is 0 Å². The Kier molecular flexibility index (Phi) is 3.49. The van der Waals surface area contributed by atoms with Gasteiger partial charge in [-0.1, -0.05) is 13.8 Å². The molecular formula is C14H20N2O3. The van der Waals surface area contributed by atoms with E-state index in [1.165, 1.54) is 6.20 Å². The van der Waals surface area contributed by atoms with Crippen LogP contribution in [0.2, 0.25) is 0 Å². The number of aromatic carboxylic acids is 1. The van der Waals surface area contributed by atoms with Gasteiger partial charge >= 0.3 is 5.97 Å². The number of carboxylic acid groups (broad SMARTS) is 1. The molecule has 0 amide bonds. The molecule has 1 aromatic rings. The predicted molar refractivity (Wildman–Crippen MR) is 72.5 cm³/mol. The van der Waals surface area contributed by atoms with Crippen molar-refractivity contribution >= 4 is 11.7 Å². The van der Waals surface area contributed by atoms with Gasteiger partial charge in [-0.05, 0) is 19.4 Å². The fourth-order valence-corrected chi connectivity index (χ4v) is 2.57. The Hall–Kier alpha value is -1.62. The van der Waals surface area contributed by atoms with Gasteiger partial charge in [-0.3, -0.25) is 4.98 Å². The number of aryl methyl sites for hydroxylation is 1. The SMILES string of the molecule is COC1CC(Nc2cc(C)ncc2C(=O)O)C1(C)C. The summed E-state index contributed by atoms with van der Waals surface area (Å²) in [6.45, 7) is 6.09. The summed E-state index contributed by atoms with van der Waals surface area (Å²) in [5.74, 6) is -0.963. The largest absolute Gasteiger partial charge is 0.478 e. The number of methoxy groups -OCH3 is 1. The Balaban J connectivity index is 2.21. The van der Waals surface area contributed by atoms with E-state index in [0.717, 1.165) is 12.1 Å². The summed E-state index contributed by atoms with van der Waals surface area (Å²) >= 11 is 0. The Morgan fingerprint density at radius 2 is 2.26 bits per heavy atom. The monoisotopic (exact) mass is 264 g/mol. The summed E-state index contributed by atoms with van der Waals surface area (Å²) < 4.78 is 5.40. The third-order valence-electron chi connectivity index (χ3n) is 4.06. The first-order chi connectivity index (χ1) is 8.86. The van der Waals surface area contributed by atoms with E-state index in [9.17, 15) is 9.90 Å². The molecule has 0 radical (unpaired) electrons. The number of ether oxygens (including phenoxy) is 1. The molecule has 1 aliphatic rings. The zero-order chi connectivity index (χ0) is 14.2. The second kappa shape index (κ2) is 4.81. The molecule has 0 saturated heterocycles. The van der Waals surface area contributed by atoms with Crippen LogP contribution in [-0.2, 0) is 4.74 Å². The summed E-state index contributed by atoms with van der Waals surface area (Å²) in [7, 11) is 1.71. The predicted octanol–water partition coefficient (Wildman–Crippen LogP) is 2.31. The molecule has 1 aromatic heterocycles. The summed E-state index contributed by atoms with van der Waals surface area (Å²) in [4.78, 5) is 15.2. The van der Waals surface area contributed by atoms with Crippen LogP contribution in [0.25, 0.3) is 0 Å². The Bertz CT molecular complexity index is 499. The van der Waals surface area contributed by atoms with Gasteiger partial charge in [-0.15, -0.1) is 0 Å². The van der Waals surface area contributed by atoms with E-state index >= 15 is 0 Å². The number of hydrogen-bond acceptors (Lipinski definition) is 4. The molecule has 5 nitrogen and oxygen atoms in total. The number of pyridine rings is 1. The van der Waals surface area contributed by atoms with Crippen molar-refractivity contribution in [3.8, 4) is 0 Å². The van der Waals surface area contributed by atoms with Crippen molar-refractivity contribution in [2.75, 3.05) is 12.4 Å². The van der Waals surface area contributed by atoms with Gasteiger partial charge in [0.2, 0.25) is 0 Å². The van der Waals surface area contributed by atoms with Gasteiger partial charge in [0.05, 0.1) is 11.8 Å². The number of carboxylic acids is 1. The minimum absolute atomic E-state index is 0.0122. The van der Waals surface area contributed by atoms with E-state index in [1.54, 1.807) is 13.2 Å². The lowest BCUT2D eigenvalue weighted by Gasteiger charge is -2.51. The molecule has 1 fully saturated rings. The molecule has 0 spiro atoms. The highest BCUT2D eigenvalue weighted by Crippen LogP contribution is 2.44. The average molecular weight is 264 g/mol. The van der Waals surface area contributed by atoms with Gasteiger partial charge in [-0.25, -0.2) is 4.79 Å². The Morgan fingerprint density at radius 1 is 1.58 bits per heavy atom. The standard InChI is InChI=1S/C14H20N2O3/c1-8-5-10(9(7-15-8)13(17)18)16-11-6-12(19-4)14(11,2)3/h5,7,11-12H,6H2,1-4H3,(H,15,16)(H,17,18). The van der Waals surface area contributed by atoms with E-state index in [0.29, 0.717) is 5.69 Å². The normalized spacial score (nSPS) is 24.6. The van der Waals surface area contributed by atoms with E-state index in [4.69, 9.17) is 4.74 Å². The minimum Gasteiger partial charge on any atom is -0.478 e. The fraction of sp³-hybridized carbons (Fsp3) is 0.571. The van der Waals surface area contributed by atoms with Crippen LogP contribution in [0, 0.1) is 12.3 Å². The number of nitrogens with zero attached hydrogens (tertiary/aromatic N) is 1. The summed E-state index contributed by atoms with van der Waals surface area (Å²) in [6.07, 6.45) is 2.49. The van der Waals surface area contributed by atoms with Crippen LogP contribution in [0.15, 0.2) is 12.3 Å². The molecular weight excluding hydrogens is 244 g/mol. The molecule has 5 heteroatoms. The van der Waals surface area contributed by atoms with Crippen molar-refractivity contribution in [3.05, 3.63) is 23.5 Å². The molecule has 1 heterocycles.